The first-order valence-corrected chi connectivity index (χ1v) is 7.16. The maximum Gasteiger partial charge on any atom is 0.150 e. The number of nitrogens with one attached hydrogen (secondary N) is 1. The van der Waals surface area contributed by atoms with E-state index in [4.69, 9.17) is 4.42 Å². The van der Waals surface area contributed by atoms with Gasteiger partial charge in [-0.15, -0.1) is 0 Å². The minimum absolute atomic E-state index is 0.0923. The number of furan rings is 1. The van der Waals surface area contributed by atoms with Crippen LogP contribution in [-0.4, -0.2) is 12.0 Å². The monoisotopic (exact) mass is 287 g/mol. The highest BCUT2D eigenvalue weighted by atomic mass is 16.4. The number of carbonyl (C=O) groups is 1. The van der Waals surface area contributed by atoms with E-state index in [-0.39, 0.29) is 5.76 Å². The molecule has 0 radical (unpaired) electrons. The van der Waals surface area contributed by atoms with Gasteiger partial charge in [-0.3, -0.25) is 0 Å². The number of carbonyl (C=O) groups excluding carboxylic acids is 1. The SMILES string of the molecule is Cc1oc(C(=O)[O-])cc1C[NH+](Cc1ccccc1)C(C)C. The summed E-state index contributed by atoms with van der Waals surface area (Å²) >= 11 is 0. The van der Waals surface area contributed by atoms with E-state index in [0.29, 0.717) is 11.8 Å². The maximum absolute atomic E-state index is 10.9. The third kappa shape index (κ3) is 3.95. The molecule has 0 aliphatic rings. The second-order valence-corrected chi connectivity index (χ2v) is 5.63. The van der Waals surface area contributed by atoms with Gasteiger partial charge in [0.25, 0.3) is 0 Å². The Kier molecular flexibility index (Phi) is 4.81. The van der Waals surface area contributed by atoms with Gasteiger partial charge < -0.3 is 19.2 Å². The van der Waals surface area contributed by atoms with Crippen LogP contribution in [0.15, 0.2) is 40.8 Å². The molecule has 0 aliphatic carbocycles. The lowest BCUT2D eigenvalue weighted by Gasteiger charge is -2.23. The van der Waals surface area contributed by atoms with Gasteiger partial charge in [-0.2, -0.15) is 0 Å². The van der Waals surface area contributed by atoms with Gasteiger partial charge in [0.05, 0.1) is 6.04 Å². The Morgan fingerprint density at radius 2 is 1.90 bits per heavy atom. The molecule has 21 heavy (non-hydrogen) atoms. The van der Waals surface area contributed by atoms with Crippen LogP contribution in [0.1, 0.15) is 41.3 Å². The Morgan fingerprint density at radius 1 is 1.24 bits per heavy atom. The highest BCUT2D eigenvalue weighted by molar-refractivity contribution is 5.82. The quantitative estimate of drug-likeness (QED) is 0.860. The molecule has 4 heteroatoms. The van der Waals surface area contributed by atoms with Gasteiger partial charge in [0.15, 0.2) is 0 Å². The fraction of sp³-hybridized carbons (Fsp3) is 0.353. The summed E-state index contributed by atoms with van der Waals surface area (Å²) in [6, 6.07) is 12.3. The molecular weight excluding hydrogens is 266 g/mol. The smallest absolute Gasteiger partial charge is 0.150 e. The predicted molar refractivity (Wildman–Crippen MR) is 77.7 cm³/mol. The van der Waals surface area contributed by atoms with E-state index in [1.807, 2.05) is 18.2 Å². The molecule has 0 saturated carbocycles. The van der Waals surface area contributed by atoms with Gasteiger partial charge in [0.1, 0.15) is 30.6 Å². The second kappa shape index (κ2) is 6.59. The normalized spacial score (nSPS) is 12.6. The number of hydrogen-bond acceptors (Lipinski definition) is 3. The summed E-state index contributed by atoms with van der Waals surface area (Å²) in [5.74, 6) is -0.704. The molecule has 2 rings (SSSR count). The number of rotatable bonds is 6. The van der Waals surface area contributed by atoms with E-state index >= 15 is 0 Å². The van der Waals surface area contributed by atoms with Crippen molar-refractivity contribution >= 4 is 5.97 Å². The molecule has 0 aliphatic heterocycles. The van der Waals surface area contributed by atoms with Crippen LogP contribution in [0.2, 0.25) is 0 Å². The Bertz CT molecular complexity index is 602. The topological polar surface area (TPSA) is 57.7 Å². The summed E-state index contributed by atoms with van der Waals surface area (Å²) in [5, 5.41) is 10.9. The van der Waals surface area contributed by atoms with E-state index in [9.17, 15) is 9.90 Å². The van der Waals surface area contributed by atoms with Crippen LogP contribution in [0.3, 0.4) is 0 Å². The number of carboxylic acid groups (broad SMARTS) is 1. The van der Waals surface area contributed by atoms with Gasteiger partial charge in [-0.1, -0.05) is 30.3 Å². The largest absolute Gasteiger partial charge is 0.542 e. The molecule has 1 aromatic carbocycles. The van der Waals surface area contributed by atoms with Gasteiger partial charge in [0, 0.05) is 11.1 Å². The zero-order valence-electron chi connectivity index (χ0n) is 12.7. The number of aromatic carboxylic acids is 1. The van der Waals surface area contributed by atoms with Crippen LogP contribution in [0.5, 0.6) is 0 Å². The molecule has 2 aromatic rings. The van der Waals surface area contributed by atoms with Crippen LogP contribution in [0, 0.1) is 6.92 Å². The summed E-state index contributed by atoms with van der Waals surface area (Å²) in [6.07, 6.45) is 0. The van der Waals surface area contributed by atoms with Crippen LogP contribution >= 0.6 is 0 Å². The molecule has 1 N–H and O–H groups in total. The molecule has 0 fully saturated rings. The van der Waals surface area contributed by atoms with Crippen molar-refractivity contribution < 1.29 is 19.2 Å². The number of quaternary nitrogens is 1. The lowest BCUT2D eigenvalue weighted by molar-refractivity contribution is -0.948. The van der Waals surface area contributed by atoms with E-state index < -0.39 is 5.97 Å². The first kappa shape index (κ1) is 15.3. The average molecular weight is 287 g/mol. The molecule has 1 atom stereocenters. The molecule has 1 aromatic heterocycles. The zero-order valence-corrected chi connectivity index (χ0v) is 12.7. The van der Waals surface area contributed by atoms with Crippen LogP contribution in [0.25, 0.3) is 0 Å². The third-order valence-electron chi connectivity index (χ3n) is 3.73. The molecule has 4 nitrogen and oxygen atoms in total. The summed E-state index contributed by atoms with van der Waals surface area (Å²) in [5.41, 5.74) is 2.19. The summed E-state index contributed by atoms with van der Waals surface area (Å²) in [7, 11) is 0. The van der Waals surface area contributed by atoms with Crippen molar-refractivity contribution in [3.05, 3.63) is 59.0 Å². The maximum atomic E-state index is 10.9. The molecule has 0 bridgehead atoms. The molecule has 1 heterocycles. The Labute approximate surface area is 125 Å². The zero-order chi connectivity index (χ0) is 15.4. The van der Waals surface area contributed by atoms with Crippen molar-refractivity contribution in [1.29, 1.82) is 0 Å². The number of benzene rings is 1. The highest BCUT2D eigenvalue weighted by Crippen LogP contribution is 2.13. The Hall–Kier alpha value is -2.07. The van der Waals surface area contributed by atoms with Crippen molar-refractivity contribution in [3.8, 4) is 0 Å². The van der Waals surface area contributed by atoms with Crippen LogP contribution < -0.4 is 10.0 Å². The minimum atomic E-state index is -1.27. The number of hydrogen-bond donors (Lipinski definition) is 1. The van der Waals surface area contributed by atoms with Crippen molar-refractivity contribution in [2.75, 3.05) is 0 Å². The third-order valence-corrected chi connectivity index (χ3v) is 3.73. The number of aryl methyl sites for hydroxylation is 1. The van der Waals surface area contributed by atoms with E-state index in [0.717, 1.165) is 18.7 Å². The van der Waals surface area contributed by atoms with Gasteiger partial charge in [-0.25, -0.2) is 0 Å². The van der Waals surface area contributed by atoms with E-state index in [1.165, 1.54) is 10.5 Å². The summed E-state index contributed by atoms with van der Waals surface area (Å²) < 4.78 is 5.23. The fourth-order valence-electron chi connectivity index (χ4n) is 2.37. The molecule has 0 saturated heterocycles. The molecule has 112 valence electrons. The summed E-state index contributed by atoms with van der Waals surface area (Å²) in [6.45, 7) is 7.74. The van der Waals surface area contributed by atoms with Gasteiger partial charge in [0.2, 0.25) is 0 Å². The Morgan fingerprint density at radius 3 is 2.43 bits per heavy atom. The van der Waals surface area contributed by atoms with Crippen molar-refractivity contribution in [3.63, 3.8) is 0 Å². The molecule has 0 amide bonds. The van der Waals surface area contributed by atoms with Crippen molar-refractivity contribution in [2.24, 2.45) is 0 Å². The average Bonchev–Trinajstić information content (AvgIpc) is 2.81. The Balaban J connectivity index is 2.15. The lowest BCUT2D eigenvalue weighted by atomic mass is 10.1. The molecule has 0 spiro atoms. The van der Waals surface area contributed by atoms with Crippen molar-refractivity contribution in [1.82, 2.24) is 0 Å². The lowest BCUT2D eigenvalue weighted by Crippen LogP contribution is -3.12. The first-order valence-electron chi connectivity index (χ1n) is 7.16. The van der Waals surface area contributed by atoms with Gasteiger partial charge >= 0.3 is 0 Å². The molecule has 1 unspecified atom stereocenters. The summed E-state index contributed by atoms with van der Waals surface area (Å²) in [4.78, 5) is 12.2. The standard InChI is InChI=1S/C17H21NO3/c1-12(2)18(10-14-7-5-4-6-8-14)11-15-9-16(17(19)20)21-13(15)3/h4-9,12H,10-11H2,1-3H3,(H,19,20). The predicted octanol–water partition coefficient (Wildman–Crippen LogP) is 0.945. The van der Waals surface area contributed by atoms with Gasteiger partial charge in [-0.05, 0) is 26.8 Å². The minimum Gasteiger partial charge on any atom is -0.542 e. The van der Waals surface area contributed by atoms with Crippen LogP contribution in [-0.2, 0) is 13.1 Å². The van der Waals surface area contributed by atoms with E-state index in [1.54, 1.807) is 13.0 Å². The number of carboxylic acids is 1. The van der Waals surface area contributed by atoms with Crippen LogP contribution in [0.4, 0.5) is 0 Å². The highest BCUT2D eigenvalue weighted by Gasteiger charge is 2.18. The van der Waals surface area contributed by atoms with E-state index in [2.05, 4.69) is 26.0 Å². The van der Waals surface area contributed by atoms with Crippen molar-refractivity contribution in [2.45, 2.75) is 39.9 Å². The fourth-order valence-corrected chi connectivity index (χ4v) is 2.37. The molecular formula is C17H21NO3. The first-order chi connectivity index (χ1) is 9.97. The second-order valence-electron chi connectivity index (χ2n) is 5.63.